The Balaban J connectivity index is 1.51. The first kappa shape index (κ1) is 12.2. The normalized spacial score (nSPS) is 24.1. The lowest BCUT2D eigenvalue weighted by atomic mass is 10.1. The number of hydrogen-bond acceptors (Lipinski definition) is 3. The molecule has 1 N–H and O–H groups in total. The minimum atomic E-state index is 0.166. The van der Waals surface area contributed by atoms with Gasteiger partial charge in [0.1, 0.15) is 0 Å². The molecule has 0 bridgehead atoms. The Morgan fingerprint density at radius 3 is 2.22 bits per heavy atom. The Bertz CT molecular complexity index is 381. The molecule has 0 radical (unpaired) electrons. The van der Waals surface area contributed by atoms with Crippen molar-refractivity contribution in [1.82, 2.24) is 9.80 Å². The Morgan fingerprint density at radius 1 is 1.00 bits per heavy atom. The van der Waals surface area contributed by atoms with Gasteiger partial charge >= 0.3 is 0 Å². The molecule has 18 heavy (non-hydrogen) atoms. The number of rotatable bonds is 4. The van der Waals surface area contributed by atoms with E-state index < -0.39 is 0 Å². The van der Waals surface area contributed by atoms with E-state index in [4.69, 9.17) is 0 Å². The molecule has 1 saturated heterocycles. The first-order chi connectivity index (χ1) is 8.82. The molecule has 1 saturated carbocycles. The van der Waals surface area contributed by atoms with Crippen molar-refractivity contribution >= 4 is 0 Å². The van der Waals surface area contributed by atoms with Crippen molar-refractivity contribution in [3.8, 4) is 0 Å². The van der Waals surface area contributed by atoms with Crippen molar-refractivity contribution in [2.75, 3.05) is 32.8 Å². The molecule has 98 valence electrons. The third kappa shape index (κ3) is 2.44. The highest BCUT2D eigenvalue weighted by Crippen LogP contribution is 2.41. The van der Waals surface area contributed by atoms with Gasteiger partial charge in [-0.15, -0.1) is 0 Å². The largest absolute Gasteiger partial charge is 0.394 e. The van der Waals surface area contributed by atoms with Crippen LogP contribution in [0.3, 0.4) is 0 Å². The van der Waals surface area contributed by atoms with Crippen LogP contribution in [0.15, 0.2) is 30.3 Å². The lowest BCUT2D eigenvalue weighted by Gasteiger charge is -2.39. The number of aliphatic hydroxyl groups excluding tert-OH is 1. The van der Waals surface area contributed by atoms with Crippen molar-refractivity contribution in [2.24, 2.45) is 0 Å². The Hall–Kier alpha value is -0.900. The molecule has 1 heterocycles. The Kier molecular flexibility index (Phi) is 3.37. The summed E-state index contributed by atoms with van der Waals surface area (Å²) in [5.74, 6) is 0. The van der Waals surface area contributed by atoms with Crippen LogP contribution in [-0.2, 0) is 6.54 Å². The van der Waals surface area contributed by atoms with Crippen LogP contribution in [0.4, 0.5) is 0 Å². The van der Waals surface area contributed by atoms with Crippen LogP contribution in [0.25, 0.3) is 0 Å². The van der Waals surface area contributed by atoms with Crippen molar-refractivity contribution < 1.29 is 5.11 Å². The summed E-state index contributed by atoms with van der Waals surface area (Å²) in [5, 5.41) is 9.45. The summed E-state index contributed by atoms with van der Waals surface area (Å²) >= 11 is 0. The first-order valence-electron chi connectivity index (χ1n) is 6.95. The summed E-state index contributed by atoms with van der Waals surface area (Å²) in [4.78, 5) is 5.01. The van der Waals surface area contributed by atoms with Gasteiger partial charge in [-0.25, -0.2) is 0 Å². The molecule has 1 aliphatic heterocycles. The van der Waals surface area contributed by atoms with Gasteiger partial charge in [-0.2, -0.15) is 0 Å². The lowest BCUT2D eigenvalue weighted by Crippen LogP contribution is -2.52. The second-order valence-corrected chi connectivity index (χ2v) is 5.63. The second-order valence-electron chi connectivity index (χ2n) is 5.63. The predicted octanol–water partition coefficient (Wildman–Crippen LogP) is 1.33. The van der Waals surface area contributed by atoms with E-state index in [-0.39, 0.29) is 5.54 Å². The van der Waals surface area contributed by atoms with Gasteiger partial charge in [0.25, 0.3) is 0 Å². The maximum Gasteiger partial charge on any atom is 0.0615 e. The summed E-state index contributed by atoms with van der Waals surface area (Å²) in [6.45, 7) is 5.85. The van der Waals surface area contributed by atoms with Crippen molar-refractivity contribution in [3.63, 3.8) is 0 Å². The number of piperazine rings is 1. The molecule has 0 unspecified atom stereocenters. The molecule has 0 aromatic heterocycles. The quantitative estimate of drug-likeness (QED) is 0.868. The van der Waals surface area contributed by atoms with Gasteiger partial charge in [0, 0.05) is 38.3 Å². The van der Waals surface area contributed by atoms with Gasteiger partial charge in [-0.05, 0) is 18.4 Å². The predicted molar refractivity (Wildman–Crippen MR) is 72.3 cm³/mol. The number of nitrogens with zero attached hydrogens (tertiary/aromatic N) is 2. The first-order valence-corrected chi connectivity index (χ1v) is 6.95. The van der Waals surface area contributed by atoms with Crippen LogP contribution in [0.2, 0.25) is 0 Å². The highest BCUT2D eigenvalue weighted by molar-refractivity contribution is 5.14. The fourth-order valence-corrected chi connectivity index (χ4v) is 2.94. The van der Waals surface area contributed by atoms with Crippen LogP contribution >= 0.6 is 0 Å². The summed E-state index contributed by atoms with van der Waals surface area (Å²) in [5.41, 5.74) is 1.56. The molecule has 1 aromatic rings. The number of aliphatic hydroxyl groups is 1. The molecule has 0 amide bonds. The van der Waals surface area contributed by atoms with Crippen LogP contribution in [-0.4, -0.2) is 53.2 Å². The number of benzene rings is 1. The molecule has 2 aliphatic rings. The molecule has 3 heteroatoms. The maximum atomic E-state index is 9.45. The van der Waals surface area contributed by atoms with Gasteiger partial charge in [0.2, 0.25) is 0 Å². The number of hydrogen-bond donors (Lipinski definition) is 1. The van der Waals surface area contributed by atoms with Crippen LogP contribution in [0, 0.1) is 0 Å². The highest BCUT2D eigenvalue weighted by Gasteiger charge is 2.47. The van der Waals surface area contributed by atoms with Crippen molar-refractivity contribution in [1.29, 1.82) is 0 Å². The third-order valence-corrected chi connectivity index (χ3v) is 4.41. The topological polar surface area (TPSA) is 26.7 Å². The van der Waals surface area contributed by atoms with E-state index in [0.717, 1.165) is 32.7 Å². The van der Waals surface area contributed by atoms with E-state index >= 15 is 0 Å². The summed E-state index contributed by atoms with van der Waals surface area (Å²) in [6, 6.07) is 10.7. The fourth-order valence-electron chi connectivity index (χ4n) is 2.94. The van der Waals surface area contributed by atoms with E-state index in [2.05, 4.69) is 40.1 Å². The zero-order chi connectivity index (χ0) is 12.4. The highest BCUT2D eigenvalue weighted by atomic mass is 16.3. The van der Waals surface area contributed by atoms with E-state index in [1.165, 1.54) is 18.4 Å². The van der Waals surface area contributed by atoms with E-state index in [9.17, 15) is 5.11 Å². The van der Waals surface area contributed by atoms with Gasteiger partial charge in [-0.1, -0.05) is 30.3 Å². The monoisotopic (exact) mass is 246 g/mol. The zero-order valence-electron chi connectivity index (χ0n) is 10.9. The molecule has 1 aliphatic carbocycles. The van der Waals surface area contributed by atoms with Gasteiger partial charge in [-0.3, -0.25) is 9.80 Å². The smallest absolute Gasteiger partial charge is 0.0615 e. The molecule has 1 aromatic carbocycles. The molecular formula is C15H22N2O. The fraction of sp³-hybridized carbons (Fsp3) is 0.600. The van der Waals surface area contributed by atoms with Crippen LogP contribution in [0.1, 0.15) is 18.4 Å². The summed E-state index contributed by atoms with van der Waals surface area (Å²) in [6.07, 6.45) is 2.37. The average Bonchev–Trinajstić information content (AvgIpc) is 3.22. The molecular weight excluding hydrogens is 224 g/mol. The molecule has 3 nitrogen and oxygen atoms in total. The maximum absolute atomic E-state index is 9.45. The molecule has 2 fully saturated rings. The van der Waals surface area contributed by atoms with Gasteiger partial charge in [0.15, 0.2) is 0 Å². The van der Waals surface area contributed by atoms with Crippen LogP contribution in [0.5, 0.6) is 0 Å². The van der Waals surface area contributed by atoms with E-state index in [1.54, 1.807) is 0 Å². The average molecular weight is 246 g/mol. The summed E-state index contributed by atoms with van der Waals surface area (Å²) < 4.78 is 0. The Morgan fingerprint density at radius 2 is 1.67 bits per heavy atom. The zero-order valence-corrected chi connectivity index (χ0v) is 10.9. The SMILES string of the molecule is OCC1(N2CCN(Cc3ccccc3)CC2)CC1. The third-order valence-electron chi connectivity index (χ3n) is 4.41. The molecule has 0 spiro atoms. The standard InChI is InChI=1S/C15H22N2O/c18-13-15(6-7-15)17-10-8-16(9-11-17)12-14-4-2-1-3-5-14/h1-5,18H,6-13H2. The lowest BCUT2D eigenvalue weighted by molar-refractivity contribution is 0.0495. The van der Waals surface area contributed by atoms with E-state index in [0.29, 0.717) is 6.61 Å². The molecule has 3 rings (SSSR count). The second kappa shape index (κ2) is 5.00. The van der Waals surface area contributed by atoms with Crippen LogP contribution < -0.4 is 0 Å². The van der Waals surface area contributed by atoms with Crippen molar-refractivity contribution in [2.45, 2.75) is 24.9 Å². The molecule has 0 atom stereocenters. The van der Waals surface area contributed by atoms with Crippen molar-refractivity contribution in [3.05, 3.63) is 35.9 Å². The summed E-state index contributed by atoms with van der Waals surface area (Å²) in [7, 11) is 0. The minimum Gasteiger partial charge on any atom is -0.394 e. The van der Waals surface area contributed by atoms with Gasteiger partial charge in [0.05, 0.1) is 6.61 Å². The van der Waals surface area contributed by atoms with Gasteiger partial charge < -0.3 is 5.11 Å². The van der Waals surface area contributed by atoms with E-state index in [1.807, 2.05) is 0 Å². The Labute approximate surface area is 109 Å². The minimum absolute atomic E-state index is 0.166.